The summed E-state index contributed by atoms with van der Waals surface area (Å²) in [5.41, 5.74) is 1.64. The number of hydrogen-bond acceptors (Lipinski definition) is 4. The first kappa shape index (κ1) is 17.5. The third-order valence-corrected chi connectivity index (χ3v) is 4.23. The average Bonchev–Trinajstić information content (AvgIpc) is 3.15. The number of halogens is 1. The van der Waals surface area contributed by atoms with Crippen LogP contribution in [0.2, 0.25) is 5.02 Å². The summed E-state index contributed by atoms with van der Waals surface area (Å²) >= 11 is 6.01. The number of ketones is 1. The van der Waals surface area contributed by atoms with Gasteiger partial charge in [-0.3, -0.25) is 10.1 Å². The first-order valence-electron chi connectivity index (χ1n) is 8.02. The second kappa shape index (κ2) is 8.14. The van der Waals surface area contributed by atoms with Crippen molar-refractivity contribution in [2.75, 3.05) is 18.5 Å². The Morgan fingerprint density at radius 1 is 1.20 bits per heavy atom. The minimum atomic E-state index is -0.636. The number of ether oxygens (including phenoxy) is 2. The molecule has 0 radical (unpaired) electrons. The van der Waals surface area contributed by atoms with Gasteiger partial charge in [0.1, 0.15) is 6.61 Å². The topological polar surface area (TPSA) is 64.6 Å². The molecule has 25 heavy (non-hydrogen) atoms. The van der Waals surface area contributed by atoms with Gasteiger partial charge in [-0.1, -0.05) is 41.9 Å². The van der Waals surface area contributed by atoms with Gasteiger partial charge in [0, 0.05) is 23.1 Å². The SMILES string of the molecule is O=C(Nc1cc(Cl)ccc1C(=O)C1CCOC1)OCc1ccccc1. The van der Waals surface area contributed by atoms with Crippen molar-refractivity contribution in [1.29, 1.82) is 0 Å². The maximum Gasteiger partial charge on any atom is 0.411 e. The van der Waals surface area contributed by atoms with Crippen LogP contribution in [0.3, 0.4) is 0 Å². The highest BCUT2D eigenvalue weighted by Gasteiger charge is 2.27. The van der Waals surface area contributed by atoms with E-state index < -0.39 is 6.09 Å². The normalized spacial score (nSPS) is 16.4. The largest absolute Gasteiger partial charge is 0.444 e. The highest BCUT2D eigenvalue weighted by atomic mass is 35.5. The molecule has 130 valence electrons. The number of rotatable bonds is 5. The van der Waals surface area contributed by atoms with Gasteiger partial charge in [0.15, 0.2) is 5.78 Å². The van der Waals surface area contributed by atoms with E-state index in [1.165, 1.54) is 0 Å². The highest BCUT2D eigenvalue weighted by molar-refractivity contribution is 6.31. The molecule has 2 aromatic rings. The van der Waals surface area contributed by atoms with Gasteiger partial charge in [-0.25, -0.2) is 4.79 Å². The average molecular weight is 360 g/mol. The number of carbonyl (C=O) groups excluding carboxylic acids is 2. The number of benzene rings is 2. The van der Waals surface area contributed by atoms with Crippen LogP contribution in [0.5, 0.6) is 0 Å². The lowest BCUT2D eigenvalue weighted by Crippen LogP contribution is -2.20. The quantitative estimate of drug-likeness (QED) is 0.808. The van der Waals surface area contributed by atoms with E-state index in [1.807, 2.05) is 30.3 Å². The molecule has 1 N–H and O–H groups in total. The molecule has 1 fully saturated rings. The zero-order valence-electron chi connectivity index (χ0n) is 13.5. The van der Waals surface area contributed by atoms with E-state index in [0.717, 1.165) is 5.56 Å². The predicted octanol–water partition coefficient (Wildman–Crippen LogP) is 4.31. The van der Waals surface area contributed by atoms with Crippen LogP contribution >= 0.6 is 11.6 Å². The lowest BCUT2D eigenvalue weighted by atomic mass is 9.96. The highest BCUT2D eigenvalue weighted by Crippen LogP contribution is 2.27. The van der Waals surface area contributed by atoms with Crippen LogP contribution in [-0.2, 0) is 16.1 Å². The van der Waals surface area contributed by atoms with Gasteiger partial charge in [-0.15, -0.1) is 0 Å². The monoisotopic (exact) mass is 359 g/mol. The number of amides is 1. The van der Waals surface area contributed by atoms with Crippen LogP contribution in [0.25, 0.3) is 0 Å². The molecule has 0 aliphatic carbocycles. The summed E-state index contributed by atoms with van der Waals surface area (Å²) in [5, 5.41) is 3.05. The Bertz CT molecular complexity index is 757. The van der Waals surface area contributed by atoms with Crippen LogP contribution < -0.4 is 5.32 Å². The van der Waals surface area contributed by atoms with Crippen LogP contribution in [0.15, 0.2) is 48.5 Å². The van der Waals surface area contributed by atoms with E-state index in [9.17, 15) is 9.59 Å². The molecule has 6 heteroatoms. The Morgan fingerprint density at radius 3 is 2.72 bits per heavy atom. The second-order valence-electron chi connectivity index (χ2n) is 5.80. The summed E-state index contributed by atoms with van der Waals surface area (Å²) < 4.78 is 10.5. The smallest absolute Gasteiger partial charge is 0.411 e. The summed E-state index contributed by atoms with van der Waals surface area (Å²) in [6.45, 7) is 1.12. The van der Waals surface area contributed by atoms with Crippen molar-refractivity contribution in [1.82, 2.24) is 0 Å². The van der Waals surface area contributed by atoms with Gasteiger partial charge in [0.25, 0.3) is 0 Å². The summed E-state index contributed by atoms with van der Waals surface area (Å²) in [7, 11) is 0. The molecule has 0 bridgehead atoms. The Kier molecular flexibility index (Phi) is 5.68. The molecule has 1 aliphatic rings. The number of hydrogen-bond donors (Lipinski definition) is 1. The molecule has 1 unspecified atom stereocenters. The fourth-order valence-corrected chi connectivity index (χ4v) is 2.84. The number of anilines is 1. The van der Waals surface area contributed by atoms with Crippen molar-refractivity contribution >= 4 is 29.2 Å². The van der Waals surface area contributed by atoms with Gasteiger partial charge >= 0.3 is 6.09 Å². The van der Waals surface area contributed by atoms with Gasteiger partial charge in [-0.05, 0) is 30.2 Å². The third kappa shape index (κ3) is 4.59. The fourth-order valence-electron chi connectivity index (χ4n) is 2.67. The zero-order chi connectivity index (χ0) is 17.6. The van der Waals surface area contributed by atoms with Crippen molar-refractivity contribution in [3.8, 4) is 0 Å². The van der Waals surface area contributed by atoms with E-state index in [4.69, 9.17) is 21.1 Å². The van der Waals surface area contributed by atoms with E-state index in [2.05, 4.69) is 5.32 Å². The minimum Gasteiger partial charge on any atom is -0.444 e. The van der Waals surface area contributed by atoms with Gasteiger partial charge in [0.05, 0.1) is 12.3 Å². The Balaban J connectivity index is 1.69. The van der Waals surface area contributed by atoms with Gasteiger partial charge in [0.2, 0.25) is 0 Å². The lowest BCUT2D eigenvalue weighted by Gasteiger charge is -2.13. The molecule has 1 saturated heterocycles. The number of carbonyl (C=O) groups is 2. The first-order chi connectivity index (χ1) is 12.1. The van der Waals surface area contributed by atoms with Crippen molar-refractivity contribution in [3.63, 3.8) is 0 Å². The Morgan fingerprint density at radius 2 is 2.00 bits per heavy atom. The summed E-state index contributed by atoms with van der Waals surface area (Å²) in [6.07, 6.45) is 0.0437. The van der Waals surface area contributed by atoms with E-state index in [1.54, 1.807) is 18.2 Å². The van der Waals surface area contributed by atoms with Crippen LogP contribution in [0.4, 0.5) is 10.5 Å². The van der Waals surface area contributed by atoms with E-state index in [0.29, 0.717) is 35.9 Å². The minimum absolute atomic E-state index is 0.0625. The first-order valence-corrected chi connectivity index (χ1v) is 8.40. The number of Topliss-reactive ketones (excluding diaryl/α,β-unsaturated/α-hetero) is 1. The maximum atomic E-state index is 12.6. The van der Waals surface area contributed by atoms with Crippen molar-refractivity contribution in [2.24, 2.45) is 5.92 Å². The lowest BCUT2D eigenvalue weighted by molar-refractivity contribution is 0.0901. The van der Waals surface area contributed by atoms with Gasteiger partial charge < -0.3 is 9.47 Å². The van der Waals surface area contributed by atoms with Crippen LogP contribution in [0.1, 0.15) is 22.3 Å². The zero-order valence-corrected chi connectivity index (χ0v) is 14.3. The molecule has 0 spiro atoms. The summed E-state index contributed by atoms with van der Waals surface area (Å²) in [4.78, 5) is 24.7. The molecular weight excluding hydrogens is 342 g/mol. The van der Waals surface area contributed by atoms with E-state index in [-0.39, 0.29) is 18.3 Å². The summed E-state index contributed by atoms with van der Waals surface area (Å²) in [5.74, 6) is -0.255. The molecule has 5 nitrogen and oxygen atoms in total. The van der Waals surface area contributed by atoms with Crippen molar-refractivity contribution < 1.29 is 19.1 Å². The maximum absolute atomic E-state index is 12.6. The Hall–Kier alpha value is -2.37. The molecule has 0 aromatic heterocycles. The predicted molar refractivity (Wildman–Crippen MR) is 95.0 cm³/mol. The molecule has 2 aromatic carbocycles. The molecule has 0 saturated carbocycles. The van der Waals surface area contributed by atoms with Crippen LogP contribution in [-0.4, -0.2) is 25.1 Å². The standard InChI is InChI=1S/C19H18ClNO4/c20-15-6-7-16(18(22)14-8-9-24-12-14)17(10-15)21-19(23)25-11-13-4-2-1-3-5-13/h1-7,10,14H,8-9,11-12H2,(H,21,23). The van der Waals surface area contributed by atoms with Crippen LogP contribution in [0, 0.1) is 5.92 Å². The molecule has 1 atom stereocenters. The Labute approximate surface area is 150 Å². The molecule has 1 amide bonds. The van der Waals surface area contributed by atoms with E-state index >= 15 is 0 Å². The molecule has 1 aliphatic heterocycles. The number of nitrogens with one attached hydrogen (secondary N) is 1. The van der Waals surface area contributed by atoms with Crippen molar-refractivity contribution in [3.05, 3.63) is 64.7 Å². The molecule has 1 heterocycles. The molecule has 3 rings (SSSR count). The summed E-state index contributed by atoms with van der Waals surface area (Å²) in [6, 6.07) is 14.2. The fraction of sp³-hybridized carbons (Fsp3) is 0.263. The third-order valence-electron chi connectivity index (χ3n) is 4.00. The second-order valence-corrected chi connectivity index (χ2v) is 6.24. The molecular formula is C19H18ClNO4. The van der Waals surface area contributed by atoms with Gasteiger partial charge in [-0.2, -0.15) is 0 Å². The van der Waals surface area contributed by atoms with Crippen molar-refractivity contribution in [2.45, 2.75) is 13.0 Å².